The van der Waals surface area contributed by atoms with Gasteiger partial charge in [0.2, 0.25) is 5.91 Å². The van der Waals surface area contributed by atoms with Gasteiger partial charge in [-0.25, -0.2) is 0 Å². The second kappa shape index (κ2) is 7.28. The van der Waals surface area contributed by atoms with Crippen molar-refractivity contribution in [3.8, 4) is 0 Å². The van der Waals surface area contributed by atoms with E-state index in [0.29, 0.717) is 6.42 Å². The van der Waals surface area contributed by atoms with Gasteiger partial charge in [0.15, 0.2) is 0 Å². The number of benzene rings is 3. The number of para-hydroxylation sites is 2. The van der Waals surface area contributed by atoms with Crippen LogP contribution in [0.3, 0.4) is 0 Å². The summed E-state index contributed by atoms with van der Waals surface area (Å²) in [5.74, 6) is 0.00592. The van der Waals surface area contributed by atoms with Crippen LogP contribution in [0.5, 0.6) is 0 Å². The van der Waals surface area contributed by atoms with Gasteiger partial charge in [0, 0.05) is 35.1 Å². The van der Waals surface area contributed by atoms with Gasteiger partial charge in [-0.15, -0.1) is 0 Å². The van der Waals surface area contributed by atoms with Crippen molar-refractivity contribution in [1.82, 2.24) is 4.98 Å². The summed E-state index contributed by atoms with van der Waals surface area (Å²) in [6, 6.07) is 28.0. The van der Waals surface area contributed by atoms with Gasteiger partial charge in [-0.3, -0.25) is 4.79 Å². The molecule has 4 aromatic rings. The van der Waals surface area contributed by atoms with Crippen molar-refractivity contribution < 1.29 is 4.79 Å². The summed E-state index contributed by atoms with van der Waals surface area (Å²) in [6.45, 7) is 0. The number of hydrogen-bond donors (Lipinski definition) is 2. The Balaban J connectivity index is 1.67. The minimum atomic E-state index is -0.00365. The van der Waals surface area contributed by atoms with Crippen molar-refractivity contribution in [1.29, 1.82) is 0 Å². The predicted molar refractivity (Wildman–Crippen MR) is 106 cm³/mol. The zero-order chi connectivity index (χ0) is 17.8. The lowest BCUT2D eigenvalue weighted by Gasteiger charge is -2.17. The quantitative estimate of drug-likeness (QED) is 0.507. The van der Waals surface area contributed by atoms with Gasteiger partial charge < -0.3 is 10.3 Å². The largest absolute Gasteiger partial charge is 0.361 e. The number of nitrogens with one attached hydrogen (secondary N) is 2. The van der Waals surface area contributed by atoms with Gasteiger partial charge in [0.05, 0.1) is 0 Å². The zero-order valence-corrected chi connectivity index (χ0v) is 14.4. The third kappa shape index (κ3) is 3.38. The molecule has 3 heteroatoms. The third-order valence-electron chi connectivity index (χ3n) is 4.65. The predicted octanol–water partition coefficient (Wildman–Crippen LogP) is 5.33. The van der Waals surface area contributed by atoms with E-state index in [-0.39, 0.29) is 11.8 Å². The van der Waals surface area contributed by atoms with E-state index in [2.05, 4.69) is 34.6 Å². The first-order chi connectivity index (χ1) is 12.8. The van der Waals surface area contributed by atoms with Gasteiger partial charge in [0.25, 0.3) is 0 Å². The van der Waals surface area contributed by atoms with Crippen LogP contribution in [0.1, 0.15) is 23.5 Å². The number of carbonyl (C=O) groups is 1. The van der Waals surface area contributed by atoms with Crippen LogP contribution < -0.4 is 5.32 Å². The fourth-order valence-electron chi connectivity index (χ4n) is 3.39. The lowest BCUT2D eigenvalue weighted by atomic mass is 9.88. The fraction of sp³-hybridized carbons (Fsp3) is 0.0870. The van der Waals surface area contributed by atoms with Crippen LogP contribution in [0.4, 0.5) is 5.69 Å². The summed E-state index contributed by atoms with van der Waals surface area (Å²) in [6.07, 6.45) is 2.42. The lowest BCUT2D eigenvalue weighted by Crippen LogP contribution is -2.16. The monoisotopic (exact) mass is 340 g/mol. The van der Waals surface area contributed by atoms with Crippen molar-refractivity contribution in [2.45, 2.75) is 12.3 Å². The van der Waals surface area contributed by atoms with Crippen molar-refractivity contribution >= 4 is 22.5 Å². The summed E-state index contributed by atoms with van der Waals surface area (Å²) >= 11 is 0. The maximum atomic E-state index is 12.7. The SMILES string of the molecule is O=C(CC(c1ccccc1)c1c[nH]c2ccccc12)Nc1ccccc1. The van der Waals surface area contributed by atoms with E-state index < -0.39 is 0 Å². The molecule has 3 aromatic carbocycles. The molecule has 0 radical (unpaired) electrons. The van der Waals surface area contributed by atoms with Crippen molar-refractivity contribution in [3.63, 3.8) is 0 Å². The van der Waals surface area contributed by atoms with Gasteiger partial charge in [-0.2, -0.15) is 0 Å². The molecule has 0 saturated carbocycles. The van der Waals surface area contributed by atoms with E-state index in [1.165, 1.54) is 0 Å². The maximum Gasteiger partial charge on any atom is 0.225 e. The van der Waals surface area contributed by atoms with E-state index in [1.807, 2.05) is 66.9 Å². The third-order valence-corrected chi connectivity index (χ3v) is 4.65. The Labute approximate surface area is 152 Å². The van der Waals surface area contributed by atoms with Gasteiger partial charge in [-0.05, 0) is 29.3 Å². The first-order valence-electron chi connectivity index (χ1n) is 8.77. The lowest BCUT2D eigenvalue weighted by molar-refractivity contribution is -0.116. The van der Waals surface area contributed by atoms with Crippen LogP contribution >= 0.6 is 0 Å². The molecule has 0 aliphatic heterocycles. The summed E-state index contributed by atoms with van der Waals surface area (Å²) < 4.78 is 0. The number of carbonyl (C=O) groups excluding carboxylic acids is 1. The second-order valence-electron chi connectivity index (χ2n) is 6.37. The zero-order valence-electron chi connectivity index (χ0n) is 14.4. The summed E-state index contributed by atoms with van der Waals surface area (Å²) in [5.41, 5.74) is 4.20. The summed E-state index contributed by atoms with van der Waals surface area (Å²) in [4.78, 5) is 16.0. The molecule has 0 spiro atoms. The van der Waals surface area contributed by atoms with Crippen LogP contribution in [-0.2, 0) is 4.79 Å². The Morgan fingerprint density at radius 2 is 1.50 bits per heavy atom. The molecule has 2 N–H and O–H groups in total. The smallest absolute Gasteiger partial charge is 0.225 e. The molecule has 0 aliphatic carbocycles. The molecule has 128 valence electrons. The van der Waals surface area contributed by atoms with Crippen molar-refractivity contribution in [2.24, 2.45) is 0 Å². The van der Waals surface area contributed by atoms with Crippen LogP contribution in [0.15, 0.2) is 91.1 Å². The number of rotatable bonds is 5. The number of H-pyrrole nitrogens is 1. The molecular formula is C23H20N2O. The molecule has 0 saturated heterocycles. The number of fused-ring (bicyclic) bond motifs is 1. The minimum Gasteiger partial charge on any atom is -0.361 e. The molecule has 0 bridgehead atoms. The molecule has 1 amide bonds. The van der Waals surface area contributed by atoms with Crippen molar-refractivity contribution in [2.75, 3.05) is 5.32 Å². The molecule has 1 unspecified atom stereocenters. The second-order valence-corrected chi connectivity index (χ2v) is 6.37. The first kappa shape index (κ1) is 16.2. The van der Waals surface area contributed by atoms with Crippen LogP contribution in [0, 0.1) is 0 Å². The molecular weight excluding hydrogens is 320 g/mol. The Hall–Kier alpha value is -3.33. The highest BCUT2D eigenvalue weighted by Gasteiger charge is 2.21. The highest BCUT2D eigenvalue weighted by molar-refractivity contribution is 5.92. The highest BCUT2D eigenvalue weighted by Crippen LogP contribution is 2.33. The van der Waals surface area contributed by atoms with Gasteiger partial charge >= 0.3 is 0 Å². The van der Waals surface area contributed by atoms with E-state index in [9.17, 15) is 4.79 Å². The Bertz CT molecular complexity index is 1010. The van der Waals surface area contributed by atoms with E-state index in [4.69, 9.17) is 0 Å². The molecule has 1 heterocycles. The average molecular weight is 340 g/mol. The number of aromatic amines is 1. The average Bonchev–Trinajstić information content (AvgIpc) is 3.11. The molecule has 4 rings (SSSR count). The molecule has 3 nitrogen and oxygen atoms in total. The van der Waals surface area contributed by atoms with Gasteiger partial charge in [-0.1, -0.05) is 66.7 Å². The van der Waals surface area contributed by atoms with E-state index in [1.54, 1.807) is 0 Å². The Kier molecular flexibility index (Phi) is 4.52. The highest BCUT2D eigenvalue weighted by atomic mass is 16.1. The first-order valence-corrected chi connectivity index (χ1v) is 8.77. The number of anilines is 1. The fourth-order valence-corrected chi connectivity index (χ4v) is 3.39. The number of amides is 1. The topological polar surface area (TPSA) is 44.9 Å². The maximum absolute atomic E-state index is 12.7. The van der Waals surface area contributed by atoms with E-state index in [0.717, 1.165) is 27.7 Å². The summed E-state index contributed by atoms with van der Waals surface area (Å²) in [5, 5.41) is 4.16. The van der Waals surface area contributed by atoms with Crippen LogP contribution in [0.2, 0.25) is 0 Å². The molecule has 1 atom stereocenters. The minimum absolute atomic E-state index is 0.00365. The molecule has 0 fully saturated rings. The van der Waals surface area contributed by atoms with E-state index >= 15 is 0 Å². The number of hydrogen-bond acceptors (Lipinski definition) is 1. The van der Waals surface area contributed by atoms with Crippen molar-refractivity contribution in [3.05, 3.63) is 102 Å². The molecule has 1 aromatic heterocycles. The molecule has 26 heavy (non-hydrogen) atoms. The Morgan fingerprint density at radius 3 is 2.27 bits per heavy atom. The Morgan fingerprint density at radius 1 is 0.846 bits per heavy atom. The standard InChI is InChI=1S/C23H20N2O/c26-23(25-18-11-5-2-6-12-18)15-20(17-9-3-1-4-10-17)21-16-24-22-14-8-7-13-19(21)22/h1-14,16,20,24H,15H2,(H,25,26). The van der Waals surface area contributed by atoms with Gasteiger partial charge in [0.1, 0.15) is 0 Å². The summed E-state index contributed by atoms with van der Waals surface area (Å²) in [7, 11) is 0. The van der Waals surface area contributed by atoms with Crippen LogP contribution in [-0.4, -0.2) is 10.9 Å². The number of aromatic nitrogens is 1. The van der Waals surface area contributed by atoms with Crippen LogP contribution in [0.25, 0.3) is 10.9 Å². The normalized spacial score (nSPS) is 12.0. The molecule has 0 aliphatic rings.